The summed E-state index contributed by atoms with van der Waals surface area (Å²) in [5.74, 6) is -0.111. The van der Waals surface area contributed by atoms with Crippen molar-refractivity contribution < 1.29 is 19.1 Å². The highest BCUT2D eigenvalue weighted by Crippen LogP contribution is 2.21. The van der Waals surface area contributed by atoms with Crippen molar-refractivity contribution in [1.29, 1.82) is 0 Å². The molecule has 0 bridgehead atoms. The number of nitrogens with zero attached hydrogens (tertiary/aromatic N) is 1. The Labute approximate surface area is 107 Å². The summed E-state index contributed by atoms with van der Waals surface area (Å²) in [6.45, 7) is 5.20. The minimum Gasteiger partial charge on any atom is -0.468 e. The van der Waals surface area contributed by atoms with Gasteiger partial charge in [-0.15, -0.1) is 0 Å². The highest BCUT2D eigenvalue weighted by Gasteiger charge is 2.40. The van der Waals surface area contributed by atoms with E-state index in [1.54, 1.807) is 4.90 Å². The van der Waals surface area contributed by atoms with Gasteiger partial charge < -0.3 is 20.1 Å². The van der Waals surface area contributed by atoms with Crippen LogP contribution in [-0.2, 0) is 14.3 Å². The van der Waals surface area contributed by atoms with Gasteiger partial charge in [-0.05, 0) is 18.8 Å². The summed E-state index contributed by atoms with van der Waals surface area (Å²) in [7, 11) is 1.32. The van der Waals surface area contributed by atoms with Gasteiger partial charge in [0.05, 0.1) is 13.7 Å². The van der Waals surface area contributed by atoms with E-state index in [4.69, 9.17) is 10.5 Å². The molecule has 18 heavy (non-hydrogen) atoms. The van der Waals surface area contributed by atoms with Gasteiger partial charge in [-0.25, -0.2) is 4.79 Å². The van der Waals surface area contributed by atoms with E-state index in [0.717, 1.165) is 0 Å². The lowest BCUT2D eigenvalue weighted by Crippen LogP contribution is -2.57. The number of nitrogens with two attached hydrogens (primary N) is 1. The molecule has 0 aromatic rings. The molecule has 1 heterocycles. The number of rotatable bonds is 3. The van der Waals surface area contributed by atoms with Crippen molar-refractivity contribution >= 4 is 12.1 Å². The lowest BCUT2D eigenvalue weighted by atomic mass is 9.89. The van der Waals surface area contributed by atoms with E-state index < -0.39 is 11.5 Å². The van der Waals surface area contributed by atoms with E-state index in [-0.39, 0.29) is 6.09 Å². The normalized spacial score (nSPS) is 18.6. The second-order valence-corrected chi connectivity index (χ2v) is 5.11. The average Bonchev–Trinajstić information content (AvgIpc) is 2.35. The van der Waals surface area contributed by atoms with E-state index in [1.807, 2.05) is 13.8 Å². The zero-order valence-electron chi connectivity index (χ0n) is 11.3. The molecule has 0 unspecified atom stereocenters. The Kier molecular flexibility index (Phi) is 4.95. The van der Waals surface area contributed by atoms with Crippen LogP contribution in [0.25, 0.3) is 0 Å². The van der Waals surface area contributed by atoms with Crippen molar-refractivity contribution in [3.63, 3.8) is 0 Å². The first-order chi connectivity index (χ1) is 8.39. The van der Waals surface area contributed by atoms with E-state index in [9.17, 15) is 9.59 Å². The molecular weight excluding hydrogens is 236 g/mol. The van der Waals surface area contributed by atoms with Gasteiger partial charge in [0.1, 0.15) is 5.54 Å². The highest BCUT2D eigenvalue weighted by atomic mass is 16.6. The molecule has 0 atom stereocenters. The fourth-order valence-electron chi connectivity index (χ4n) is 1.82. The third kappa shape index (κ3) is 3.60. The third-order valence-electron chi connectivity index (χ3n) is 3.05. The fraction of sp³-hybridized carbons (Fsp3) is 0.833. The van der Waals surface area contributed by atoms with E-state index in [2.05, 4.69) is 4.74 Å². The van der Waals surface area contributed by atoms with Crippen LogP contribution in [-0.4, -0.2) is 49.3 Å². The summed E-state index contributed by atoms with van der Waals surface area (Å²) >= 11 is 0. The molecule has 1 fully saturated rings. The van der Waals surface area contributed by atoms with Crippen LogP contribution in [0.5, 0.6) is 0 Å². The molecule has 1 amide bonds. The van der Waals surface area contributed by atoms with Gasteiger partial charge >= 0.3 is 12.1 Å². The molecule has 0 aromatic carbocycles. The van der Waals surface area contributed by atoms with Crippen LogP contribution in [0, 0.1) is 5.92 Å². The number of carbonyl (C=O) groups excluding carboxylic acids is 2. The Morgan fingerprint density at radius 1 is 1.33 bits per heavy atom. The molecule has 6 nitrogen and oxygen atoms in total. The molecule has 1 saturated heterocycles. The van der Waals surface area contributed by atoms with Gasteiger partial charge in [0.25, 0.3) is 0 Å². The van der Waals surface area contributed by atoms with Crippen molar-refractivity contribution in [2.24, 2.45) is 11.7 Å². The van der Waals surface area contributed by atoms with Gasteiger partial charge in [0, 0.05) is 13.1 Å². The Bertz CT molecular complexity index is 309. The maximum Gasteiger partial charge on any atom is 0.409 e. The smallest absolute Gasteiger partial charge is 0.409 e. The van der Waals surface area contributed by atoms with Crippen LogP contribution >= 0.6 is 0 Å². The Morgan fingerprint density at radius 2 is 1.89 bits per heavy atom. The van der Waals surface area contributed by atoms with Crippen molar-refractivity contribution in [3.05, 3.63) is 0 Å². The monoisotopic (exact) mass is 258 g/mol. The largest absolute Gasteiger partial charge is 0.468 e. The quantitative estimate of drug-likeness (QED) is 0.755. The topological polar surface area (TPSA) is 81.9 Å². The minimum absolute atomic E-state index is 0.308. The van der Waals surface area contributed by atoms with E-state index in [0.29, 0.717) is 38.5 Å². The third-order valence-corrected chi connectivity index (χ3v) is 3.05. The number of carbonyl (C=O) groups is 2. The first-order valence-electron chi connectivity index (χ1n) is 6.18. The van der Waals surface area contributed by atoms with Crippen LogP contribution in [0.1, 0.15) is 26.7 Å². The SMILES string of the molecule is COC(=O)C1(N)CCN(C(=O)OCC(C)C)CC1. The van der Waals surface area contributed by atoms with Crippen molar-refractivity contribution in [2.75, 3.05) is 26.8 Å². The maximum absolute atomic E-state index is 11.7. The number of piperidine rings is 1. The predicted octanol–water partition coefficient (Wildman–Crippen LogP) is 0.745. The molecule has 104 valence electrons. The maximum atomic E-state index is 11.7. The number of hydrogen-bond donors (Lipinski definition) is 1. The summed E-state index contributed by atoms with van der Waals surface area (Å²) in [4.78, 5) is 24.8. The number of hydrogen-bond acceptors (Lipinski definition) is 5. The average molecular weight is 258 g/mol. The molecule has 0 radical (unpaired) electrons. The number of amides is 1. The summed E-state index contributed by atoms with van der Waals surface area (Å²) in [5, 5.41) is 0. The fourth-order valence-corrected chi connectivity index (χ4v) is 1.82. The van der Waals surface area contributed by atoms with Crippen LogP contribution in [0.4, 0.5) is 4.79 Å². The lowest BCUT2D eigenvalue weighted by Gasteiger charge is -2.36. The van der Waals surface area contributed by atoms with Crippen LogP contribution < -0.4 is 5.73 Å². The molecule has 0 aromatic heterocycles. The molecule has 0 saturated carbocycles. The first kappa shape index (κ1) is 14.8. The predicted molar refractivity (Wildman–Crippen MR) is 65.9 cm³/mol. The number of esters is 1. The Balaban J connectivity index is 2.43. The van der Waals surface area contributed by atoms with Crippen molar-refractivity contribution in [3.8, 4) is 0 Å². The zero-order chi connectivity index (χ0) is 13.8. The van der Waals surface area contributed by atoms with Gasteiger partial charge in [-0.2, -0.15) is 0 Å². The molecular formula is C12H22N2O4. The molecule has 0 spiro atoms. The highest BCUT2D eigenvalue weighted by molar-refractivity contribution is 5.81. The number of ether oxygens (including phenoxy) is 2. The molecule has 6 heteroatoms. The standard InChI is InChI=1S/C12H22N2O4/c1-9(2)8-18-11(16)14-6-4-12(13,5-7-14)10(15)17-3/h9H,4-8,13H2,1-3H3. The lowest BCUT2D eigenvalue weighted by molar-refractivity contribution is -0.148. The van der Waals surface area contributed by atoms with Gasteiger partial charge in [0.15, 0.2) is 0 Å². The second kappa shape index (κ2) is 6.04. The van der Waals surface area contributed by atoms with E-state index >= 15 is 0 Å². The summed E-state index contributed by atoms with van der Waals surface area (Å²) < 4.78 is 9.80. The van der Waals surface area contributed by atoms with Crippen LogP contribution in [0.3, 0.4) is 0 Å². The van der Waals surface area contributed by atoms with Crippen LogP contribution in [0.15, 0.2) is 0 Å². The minimum atomic E-state index is -0.969. The number of likely N-dealkylation sites (tertiary alicyclic amines) is 1. The summed E-state index contributed by atoms with van der Waals surface area (Å²) in [6.07, 6.45) is 0.461. The molecule has 1 aliphatic heterocycles. The van der Waals surface area contributed by atoms with Gasteiger partial charge in [-0.1, -0.05) is 13.8 Å². The van der Waals surface area contributed by atoms with E-state index in [1.165, 1.54) is 7.11 Å². The Morgan fingerprint density at radius 3 is 2.33 bits per heavy atom. The van der Waals surface area contributed by atoms with Crippen molar-refractivity contribution in [1.82, 2.24) is 4.90 Å². The summed E-state index contributed by atoms with van der Waals surface area (Å²) in [6, 6.07) is 0. The molecule has 1 aliphatic rings. The van der Waals surface area contributed by atoms with Crippen LogP contribution in [0.2, 0.25) is 0 Å². The first-order valence-corrected chi connectivity index (χ1v) is 6.18. The zero-order valence-corrected chi connectivity index (χ0v) is 11.3. The molecule has 2 N–H and O–H groups in total. The van der Waals surface area contributed by atoms with Gasteiger partial charge in [0.2, 0.25) is 0 Å². The second-order valence-electron chi connectivity index (χ2n) is 5.11. The van der Waals surface area contributed by atoms with Gasteiger partial charge in [-0.3, -0.25) is 4.79 Å². The summed E-state index contributed by atoms with van der Waals surface area (Å²) in [5.41, 5.74) is 4.98. The van der Waals surface area contributed by atoms with Crippen molar-refractivity contribution in [2.45, 2.75) is 32.2 Å². The molecule has 1 rings (SSSR count). The molecule has 0 aliphatic carbocycles. The Hall–Kier alpha value is -1.30. The number of methoxy groups -OCH3 is 1.